The second-order valence-electron chi connectivity index (χ2n) is 4.48. The van der Waals surface area contributed by atoms with E-state index < -0.39 is 16.1 Å². The number of thioether (sulfide) groups is 1. The molecule has 1 fully saturated rings. The van der Waals surface area contributed by atoms with Gasteiger partial charge in [0.05, 0.1) is 9.83 Å². The summed E-state index contributed by atoms with van der Waals surface area (Å²) in [5, 5.41) is 12.5. The molecule has 1 N–H and O–H groups in total. The summed E-state index contributed by atoms with van der Waals surface area (Å²) >= 11 is 6.65. The molecule has 2 amide bonds. The minimum Gasteiger partial charge on any atom is -0.457 e. The number of nitro groups is 1. The van der Waals surface area contributed by atoms with Crippen LogP contribution < -0.4 is 5.32 Å². The third kappa shape index (κ3) is 3.13. The number of carbonyl (C=O) groups is 2. The van der Waals surface area contributed by atoms with Gasteiger partial charge in [-0.2, -0.15) is 0 Å². The summed E-state index contributed by atoms with van der Waals surface area (Å²) < 4.78 is 5.56. The molecule has 0 atom stereocenters. The molecule has 0 spiro atoms. The van der Waals surface area contributed by atoms with Gasteiger partial charge in [0.1, 0.15) is 16.5 Å². The van der Waals surface area contributed by atoms with Crippen LogP contribution in [0.1, 0.15) is 5.76 Å². The Bertz CT molecular complexity index is 874. The van der Waals surface area contributed by atoms with Crippen molar-refractivity contribution in [2.75, 3.05) is 0 Å². The molecule has 1 saturated heterocycles. The van der Waals surface area contributed by atoms with Crippen LogP contribution in [0.15, 0.2) is 39.7 Å². The van der Waals surface area contributed by atoms with Crippen molar-refractivity contribution >= 4 is 46.3 Å². The zero-order chi connectivity index (χ0) is 16.6. The van der Waals surface area contributed by atoms with Crippen LogP contribution in [-0.4, -0.2) is 16.1 Å². The van der Waals surface area contributed by atoms with E-state index in [9.17, 15) is 19.7 Å². The van der Waals surface area contributed by atoms with Gasteiger partial charge < -0.3 is 4.42 Å². The number of nitrogens with one attached hydrogen (secondary N) is 1. The molecule has 116 valence electrons. The number of benzene rings is 1. The highest BCUT2D eigenvalue weighted by Crippen LogP contribution is 2.32. The van der Waals surface area contributed by atoms with E-state index in [0.29, 0.717) is 17.1 Å². The lowest BCUT2D eigenvalue weighted by Gasteiger charge is -1.99. The summed E-state index contributed by atoms with van der Waals surface area (Å²) in [5.41, 5.74) is 0.367. The van der Waals surface area contributed by atoms with Crippen LogP contribution in [0.5, 0.6) is 0 Å². The minimum atomic E-state index is -0.572. The van der Waals surface area contributed by atoms with Crippen LogP contribution in [-0.2, 0) is 4.79 Å². The molecule has 1 aliphatic rings. The van der Waals surface area contributed by atoms with Crippen molar-refractivity contribution in [3.05, 3.63) is 56.1 Å². The van der Waals surface area contributed by atoms with Gasteiger partial charge >= 0.3 is 0 Å². The van der Waals surface area contributed by atoms with Crippen LogP contribution in [0.2, 0.25) is 5.02 Å². The van der Waals surface area contributed by atoms with Crippen molar-refractivity contribution in [2.24, 2.45) is 0 Å². The summed E-state index contributed by atoms with van der Waals surface area (Å²) in [7, 11) is 0. The second-order valence-corrected chi connectivity index (χ2v) is 5.90. The number of furan rings is 1. The maximum atomic E-state index is 11.5. The molecule has 0 unspecified atom stereocenters. The summed E-state index contributed by atoms with van der Waals surface area (Å²) in [6, 6.07) is 7.49. The van der Waals surface area contributed by atoms with E-state index in [2.05, 4.69) is 5.32 Å². The van der Waals surface area contributed by atoms with Crippen molar-refractivity contribution < 1.29 is 18.9 Å². The maximum absolute atomic E-state index is 11.5. The van der Waals surface area contributed by atoms with Gasteiger partial charge in [0.25, 0.3) is 16.8 Å². The molecule has 1 aromatic carbocycles. The predicted molar refractivity (Wildman–Crippen MR) is 84.9 cm³/mol. The number of rotatable bonds is 3. The molecule has 2 aromatic rings. The average molecular weight is 351 g/mol. The molecular weight excluding hydrogens is 344 g/mol. The lowest BCUT2D eigenvalue weighted by Crippen LogP contribution is -2.17. The van der Waals surface area contributed by atoms with Crippen molar-refractivity contribution in [2.45, 2.75) is 0 Å². The normalized spacial score (nSPS) is 16.0. The molecule has 0 radical (unpaired) electrons. The van der Waals surface area contributed by atoms with Crippen molar-refractivity contribution in [1.82, 2.24) is 5.32 Å². The molecule has 1 aromatic heterocycles. The van der Waals surface area contributed by atoms with Crippen molar-refractivity contribution in [3.8, 4) is 11.3 Å². The highest BCUT2D eigenvalue weighted by Gasteiger charge is 2.25. The van der Waals surface area contributed by atoms with Crippen LogP contribution in [0, 0.1) is 10.1 Å². The fourth-order valence-electron chi connectivity index (χ4n) is 1.94. The maximum Gasteiger partial charge on any atom is 0.290 e. The Morgan fingerprint density at radius 3 is 2.65 bits per heavy atom. The fraction of sp³-hybridized carbons (Fsp3) is 0. The monoisotopic (exact) mass is 350 g/mol. The summed E-state index contributed by atoms with van der Waals surface area (Å²) in [4.78, 5) is 33.0. The van der Waals surface area contributed by atoms with Crippen molar-refractivity contribution in [1.29, 1.82) is 0 Å². The third-order valence-electron chi connectivity index (χ3n) is 2.97. The number of nitrogens with zero attached hydrogens (tertiary/aromatic N) is 1. The summed E-state index contributed by atoms with van der Waals surface area (Å²) in [6.45, 7) is 0. The Kier molecular flexibility index (Phi) is 3.93. The van der Waals surface area contributed by atoms with Crippen LogP contribution in [0.4, 0.5) is 10.5 Å². The first kappa shape index (κ1) is 15.3. The molecule has 9 heteroatoms. The molecule has 0 saturated carbocycles. The number of amides is 2. The van der Waals surface area contributed by atoms with E-state index in [1.165, 1.54) is 24.3 Å². The van der Waals surface area contributed by atoms with Crippen LogP contribution in [0.3, 0.4) is 0 Å². The Balaban J connectivity index is 1.89. The lowest BCUT2D eigenvalue weighted by atomic mass is 10.1. The number of imide groups is 1. The topological polar surface area (TPSA) is 102 Å². The molecule has 0 bridgehead atoms. The highest BCUT2D eigenvalue weighted by molar-refractivity contribution is 8.18. The molecule has 2 heterocycles. The second kappa shape index (κ2) is 5.90. The highest BCUT2D eigenvalue weighted by atomic mass is 35.5. The first-order chi connectivity index (χ1) is 10.9. The number of nitro benzene ring substituents is 1. The van der Waals surface area contributed by atoms with Crippen molar-refractivity contribution in [3.63, 3.8) is 0 Å². The van der Waals surface area contributed by atoms with E-state index in [-0.39, 0.29) is 15.6 Å². The number of halogens is 1. The number of carbonyl (C=O) groups excluding carboxylic acids is 2. The van der Waals surface area contributed by atoms with Gasteiger partial charge in [-0.05, 0) is 36.0 Å². The van der Waals surface area contributed by atoms with Crippen LogP contribution >= 0.6 is 23.4 Å². The molecule has 7 nitrogen and oxygen atoms in total. The van der Waals surface area contributed by atoms with Crippen LogP contribution in [0.25, 0.3) is 17.4 Å². The Morgan fingerprint density at radius 2 is 2.04 bits per heavy atom. The molecule has 1 aliphatic heterocycles. The zero-order valence-corrected chi connectivity index (χ0v) is 12.8. The van der Waals surface area contributed by atoms with E-state index >= 15 is 0 Å². The Morgan fingerprint density at radius 1 is 1.26 bits per heavy atom. The lowest BCUT2D eigenvalue weighted by molar-refractivity contribution is -0.384. The molecular formula is C14H7ClN2O5S. The summed E-state index contributed by atoms with van der Waals surface area (Å²) in [5.74, 6) is 0.335. The smallest absolute Gasteiger partial charge is 0.290 e. The van der Waals surface area contributed by atoms with Gasteiger partial charge in [0.2, 0.25) is 0 Å². The standard InChI is InChI=1S/C14H7ClN2O5S/c15-9-5-7(1-3-10(9)17(20)21)11-4-2-8(22-11)6-12-13(18)16-14(19)23-12/h1-6H,(H,16,18,19)/b12-6+. The summed E-state index contributed by atoms with van der Waals surface area (Å²) in [6.07, 6.45) is 1.45. The first-order valence-corrected chi connectivity index (χ1v) is 7.42. The minimum absolute atomic E-state index is 0.000118. The van der Waals surface area contributed by atoms with Gasteiger partial charge in [-0.25, -0.2) is 0 Å². The predicted octanol–water partition coefficient (Wildman–Crippen LogP) is 3.83. The SMILES string of the molecule is O=C1NC(=O)/C(=C\c2ccc(-c3ccc([N+](=O)[O-])c(Cl)c3)o2)S1. The number of hydrogen-bond donors (Lipinski definition) is 1. The largest absolute Gasteiger partial charge is 0.457 e. The van der Waals surface area contributed by atoms with Gasteiger partial charge in [-0.15, -0.1) is 0 Å². The van der Waals surface area contributed by atoms with E-state index in [1.54, 1.807) is 12.1 Å². The quantitative estimate of drug-likeness (QED) is 0.512. The van der Waals surface area contributed by atoms with Gasteiger partial charge in [0, 0.05) is 17.7 Å². The molecule has 0 aliphatic carbocycles. The first-order valence-electron chi connectivity index (χ1n) is 6.23. The average Bonchev–Trinajstić information content (AvgIpc) is 3.06. The van der Waals surface area contributed by atoms with E-state index in [1.807, 2.05) is 0 Å². The van der Waals surface area contributed by atoms with E-state index in [0.717, 1.165) is 11.8 Å². The Labute approximate surface area is 138 Å². The fourth-order valence-corrected chi connectivity index (χ4v) is 2.86. The molecule has 3 rings (SSSR count). The zero-order valence-electron chi connectivity index (χ0n) is 11.2. The van der Waals surface area contributed by atoms with Gasteiger partial charge in [-0.1, -0.05) is 11.6 Å². The van der Waals surface area contributed by atoms with Gasteiger partial charge in [-0.3, -0.25) is 25.0 Å². The Hall–Kier alpha value is -2.58. The third-order valence-corrected chi connectivity index (χ3v) is 4.08. The van der Waals surface area contributed by atoms with E-state index in [4.69, 9.17) is 16.0 Å². The molecule has 23 heavy (non-hydrogen) atoms. The number of hydrogen-bond acceptors (Lipinski definition) is 6. The van der Waals surface area contributed by atoms with Gasteiger partial charge in [0.15, 0.2) is 0 Å².